The molecular formula is C24H34OTe. The van der Waals surface area contributed by atoms with Gasteiger partial charge in [-0.1, -0.05) is 0 Å². The average Bonchev–Trinajstić information content (AvgIpc) is 2.59. The molecule has 0 aliphatic rings. The van der Waals surface area contributed by atoms with Gasteiger partial charge >= 0.3 is 168 Å². The summed E-state index contributed by atoms with van der Waals surface area (Å²) < 4.78 is 16.6. The molecule has 142 valence electrons. The molecule has 0 atom stereocenters. The van der Waals surface area contributed by atoms with Gasteiger partial charge in [0.15, 0.2) is 0 Å². The summed E-state index contributed by atoms with van der Waals surface area (Å²) in [6.07, 6.45) is 0. The van der Waals surface area contributed by atoms with Gasteiger partial charge in [-0.15, -0.1) is 0 Å². The fraction of sp³-hybridized carbons (Fsp3) is 0.500. The van der Waals surface area contributed by atoms with Crippen molar-refractivity contribution >= 4 is 26.8 Å². The molecule has 0 fully saturated rings. The molecule has 0 saturated carbocycles. The Morgan fingerprint density at radius 3 is 0.962 bits per heavy atom. The second-order valence-electron chi connectivity index (χ2n) is 8.42. The molecule has 0 aliphatic heterocycles. The van der Waals surface area contributed by atoms with Gasteiger partial charge in [-0.25, -0.2) is 0 Å². The summed E-state index contributed by atoms with van der Waals surface area (Å²) in [7, 11) is 0. The van der Waals surface area contributed by atoms with Gasteiger partial charge in [-0.05, 0) is 0 Å². The summed E-state index contributed by atoms with van der Waals surface area (Å²) in [4.78, 5) is 0. The van der Waals surface area contributed by atoms with Gasteiger partial charge in [-0.3, -0.25) is 0 Å². The Morgan fingerprint density at radius 1 is 0.538 bits per heavy atom. The molecule has 0 bridgehead atoms. The molecule has 2 aromatic rings. The Labute approximate surface area is 167 Å². The van der Waals surface area contributed by atoms with Crippen LogP contribution >= 0.6 is 0 Å². The van der Waals surface area contributed by atoms with E-state index in [1.165, 1.54) is 29.5 Å². The van der Waals surface area contributed by atoms with Gasteiger partial charge < -0.3 is 0 Å². The van der Waals surface area contributed by atoms with Crippen molar-refractivity contribution in [3.8, 4) is 0 Å². The van der Waals surface area contributed by atoms with Crippen LogP contribution in [0, 0.1) is 0 Å². The van der Waals surface area contributed by atoms with Gasteiger partial charge in [0, 0.05) is 0 Å². The Bertz CT molecular complexity index is 667. The maximum atomic E-state index is 14.2. The van der Waals surface area contributed by atoms with Crippen LogP contribution in [0.2, 0.25) is 0 Å². The minimum atomic E-state index is -2.94. The number of rotatable bonds is 6. The van der Waals surface area contributed by atoms with E-state index < -0.39 is 19.5 Å². The third-order valence-electron chi connectivity index (χ3n) is 5.01. The van der Waals surface area contributed by atoms with Crippen molar-refractivity contribution in [1.82, 2.24) is 0 Å². The Kier molecular flexibility index (Phi) is 7.23. The average molecular weight is 466 g/mol. The molecule has 1 nitrogen and oxygen atoms in total. The number of hydrogen-bond donors (Lipinski definition) is 0. The molecule has 0 aliphatic carbocycles. The summed E-state index contributed by atoms with van der Waals surface area (Å²) >= 11 is -2.94. The molecule has 2 heteroatoms. The van der Waals surface area contributed by atoms with E-state index >= 15 is 0 Å². The zero-order valence-corrected chi connectivity index (χ0v) is 19.9. The van der Waals surface area contributed by atoms with Crippen LogP contribution in [0.3, 0.4) is 0 Å². The van der Waals surface area contributed by atoms with Crippen LogP contribution in [0.1, 0.15) is 101 Å². The minimum absolute atomic E-state index is 0.384. The van der Waals surface area contributed by atoms with Crippen molar-refractivity contribution in [2.75, 3.05) is 0 Å². The molecule has 0 heterocycles. The van der Waals surface area contributed by atoms with E-state index in [4.69, 9.17) is 0 Å². The van der Waals surface area contributed by atoms with Crippen molar-refractivity contribution < 1.29 is 3.10 Å². The van der Waals surface area contributed by atoms with Gasteiger partial charge in [-0.2, -0.15) is 0 Å². The van der Waals surface area contributed by atoms with Crippen molar-refractivity contribution in [1.29, 1.82) is 0 Å². The Balaban J connectivity index is 2.83. The van der Waals surface area contributed by atoms with Crippen molar-refractivity contribution in [2.45, 2.75) is 79.1 Å². The molecule has 0 saturated heterocycles. The zero-order valence-electron chi connectivity index (χ0n) is 17.6. The molecule has 0 radical (unpaired) electrons. The van der Waals surface area contributed by atoms with E-state index in [9.17, 15) is 3.10 Å². The fourth-order valence-electron chi connectivity index (χ4n) is 3.50. The van der Waals surface area contributed by atoms with E-state index in [-0.39, 0.29) is 0 Å². The number of benzene rings is 2. The third kappa shape index (κ3) is 4.29. The summed E-state index contributed by atoms with van der Waals surface area (Å²) in [6, 6.07) is 13.0. The first-order valence-corrected chi connectivity index (χ1v) is 13.1. The standard InChI is InChI=1S/C24H34OTe/c1-15(2)19-11-9-12-20(16(3)4)23(19)26(25)24-21(17(5)6)13-10-14-22(24)18(7)8/h9-18H,1-8H3. The van der Waals surface area contributed by atoms with E-state index in [1.807, 2.05) is 0 Å². The first-order valence-electron chi connectivity index (χ1n) is 9.84. The Morgan fingerprint density at radius 2 is 0.769 bits per heavy atom. The third-order valence-corrected chi connectivity index (χ3v) is 9.82. The normalized spacial score (nSPS) is 12.2. The van der Waals surface area contributed by atoms with Crippen LogP contribution in [0.4, 0.5) is 0 Å². The topological polar surface area (TPSA) is 17.1 Å². The first-order chi connectivity index (χ1) is 12.2. The molecule has 0 spiro atoms. The van der Waals surface area contributed by atoms with Crippen molar-refractivity contribution in [3.63, 3.8) is 0 Å². The van der Waals surface area contributed by atoms with Crippen molar-refractivity contribution in [2.24, 2.45) is 0 Å². The zero-order chi connectivity index (χ0) is 19.6. The predicted molar refractivity (Wildman–Crippen MR) is 115 cm³/mol. The molecular weight excluding hydrogens is 432 g/mol. The van der Waals surface area contributed by atoms with Gasteiger partial charge in [0.1, 0.15) is 0 Å². The quantitative estimate of drug-likeness (QED) is 0.499. The van der Waals surface area contributed by atoms with Crippen LogP contribution in [-0.4, -0.2) is 19.5 Å². The SMILES string of the molecule is CC(C)c1cccc(C(C)C)c1[Te](=O)c1c(C(C)C)cccc1C(C)C. The molecule has 0 aromatic heterocycles. The van der Waals surface area contributed by atoms with Crippen LogP contribution in [0.5, 0.6) is 0 Å². The van der Waals surface area contributed by atoms with Gasteiger partial charge in [0.2, 0.25) is 0 Å². The summed E-state index contributed by atoms with van der Waals surface area (Å²) in [5, 5.41) is 0. The fourth-order valence-corrected chi connectivity index (χ4v) is 9.99. The van der Waals surface area contributed by atoms with Gasteiger partial charge in [0.25, 0.3) is 0 Å². The number of hydrogen-bond acceptors (Lipinski definition) is 1. The van der Waals surface area contributed by atoms with Gasteiger partial charge in [0.05, 0.1) is 0 Å². The van der Waals surface area contributed by atoms with Crippen LogP contribution in [0.15, 0.2) is 36.4 Å². The van der Waals surface area contributed by atoms with Crippen LogP contribution in [0.25, 0.3) is 0 Å². The molecule has 2 rings (SSSR count). The second-order valence-corrected chi connectivity index (χ2v) is 12.3. The second kappa shape index (κ2) is 8.81. The molecule has 0 unspecified atom stereocenters. The monoisotopic (exact) mass is 468 g/mol. The van der Waals surface area contributed by atoms with E-state index in [0.29, 0.717) is 23.7 Å². The summed E-state index contributed by atoms with van der Waals surface area (Å²) in [5.41, 5.74) is 5.10. The van der Waals surface area contributed by atoms with Crippen LogP contribution < -0.4 is 7.22 Å². The molecule has 0 amide bonds. The Hall–Kier alpha value is -0.970. The first kappa shape index (κ1) is 21.3. The molecule has 0 N–H and O–H groups in total. The van der Waals surface area contributed by atoms with E-state index in [2.05, 4.69) is 91.8 Å². The molecule has 2 aromatic carbocycles. The van der Waals surface area contributed by atoms with E-state index in [0.717, 1.165) is 0 Å². The summed E-state index contributed by atoms with van der Waals surface area (Å²) in [5.74, 6) is 1.54. The van der Waals surface area contributed by atoms with E-state index in [1.54, 1.807) is 0 Å². The van der Waals surface area contributed by atoms with Crippen molar-refractivity contribution in [3.05, 3.63) is 58.7 Å². The van der Waals surface area contributed by atoms with Crippen LogP contribution in [-0.2, 0) is 3.10 Å². The summed E-state index contributed by atoms with van der Waals surface area (Å²) in [6.45, 7) is 17.7. The predicted octanol–water partition coefficient (Wildman–Crippen LogP) is 5.72. The maximum absolute atomic E-state index is 14.2. The molecule has 26 heavy (non-hydrogen) atoms.